The van der Waals surface area contributed by atoms with Gasteiger partial charge in [0, 0.05) is 0 Å². The predicted octanol–water partition coefficient (Wildman–Crippen LogP) is 2.56. The third kappa shape index (κ3) is 7.42. The number of halogens is 1. The second-order valence-corrected chi connectivity index (χ2v) is 6.15. The van der Waals surface area contributed by atoms with Gasteiger partial charge in [-0.1, -0.05) is 12.1 Å². The van der Waals surface area contributed by atoms with Gasteiger partial charge in [0.25, 0.3) is 6.48 Å². The van der Waals surface area contributed by atoms with E-state index in [1.54, 1.807) is 12.1 Å². The molecule has 0 saturated heterocycles. The third-order valence-corrected chi connectivity index (χ3v) is 3.61. The first-order chi connectivity index (χ1) is 8.97. The topological polar surface area (TPSA) is 27.7 Å². The second-order valence-electron chi connectivity index (χ2n) is 4.91. The SMILES string of the molecule is CC(C)OC(O[SiH2]Cc1ccc(F)cc1)OC(C)C. The summed E-state index contributed by atoms with van der Waals surface area (Å²) in [4.78, 5) is 0. The molecule has 0 radical (unpaired) electrons. The van der Waals surface area contributed by atoms with Crippen LogP contribution in [0, 0.1) is 5.82 Å². The minimum atomic E-state index is -0.805. The Kier molecular flexibility index (Phi) is 7.23. The van der Waals surface area contributed by atoms with Crippen LogP contribution in [-0.4, -0.2) is 28.4 Å². The Morgan fingerprint density at radius 2 is 1.53 bits per heavy atom. The molecule has 5 heteroatoms. The molecule has 108 valence electrons. The molecule has 3 nitrogen and oxygen atoms in total. The average molecular weight is 286 g/mol. The van der Waals surface area contributed by atoms with Crippen LogP contribution < -0.4 is 0 Å². The monoisotopic (exact) mass is 286 g/mol. The van der Waals surface area contributed by atoms with E-state index in [-0.39, 0.29) is 18.0 Å². The molecule has 1 aromatic rings. The Morgan fingerprint density at radius 1 is 1.00 bits per heavy atom. The van der Waals surface area contributed by atoms with Crippen LogP contribution in [-0.2, 0) is 19.9 Å². The molecule has 0 aliphatic rings. The second kappa shape index (κ2) is 8.42. The first-order valence-corrected chi connectivity index (χ1v) is 8.22. The highest BCUT2D eigenvalue weighted by molar-refractivity contribution is 6.26. The van der Waals surface area contributed by atoms with E-state index in [0.717, 1.165) is 11.6 Å². The summed E-state index contributed by atoms with van der Waals surface area (Å²) < 4.78 is 29.6. The summed E-state index contributed by atoms with van der Waals surface area (Å²) in [6.45, 7) is 7.19. The fourth-order valence-electron chi connectivity index (χ4n) is 1.48. The van der Waals surface area contributed by atoms with Gasteiger partial charge in [0.05, 0.1) is 12.2 Å². The Morgan fingerprint density at radius 3 is 2.00 bits per heavy atom. The van der Waals surface area contributed by atoms with E-state index >= 15 is 0 Å². The first-order valence-electron chi connectivity index (χ1n) is 6.64. The standard InChI is InChI=1S/C14H23FO3Si/c1-10(2)16-14(17-11(3)4)18-19-9-12-5-7-13(15)8-6-12/h5-8,10-11,14H,9,19H2,1-4H3. The summed E-state index contributed by atoms with van der Waals surface area (Å²) in [6.07, 6.45) is 0.118. The zero-order valence-electron chi connectivity index (χ0n) is 12.1. The lowest BCUT2D eigenvalue weighted by Crippen LogP contribution is -2.29. The highest BCUT2D eigenvalue weighted by Gasteiger charge is 2.13. The Bertz CT molecular complexity index is 344. The average Bonchev–Trinajstić information content (AvgIpc) is 2.30. The van der Waals surface area contributed by atoms with Crippen LogP contribution in [0.3, 0.4) is 0 Å². The molecule has 0 aromatic heterocycles. The van der Waals surface area contributed by atoms with Gasteiger partial charge >= 0.3 is 0 Å². The van der Waals surface area contributed by atoms with Crippen molar-refractivity contribution >= 4 is 9.76 Å². The maximum absolute atomic E-state index is 12.8. The van der Waals surface area contributed by atoms with Crippen LogP contribution in [0.1, 0.15) is 33.3 Å². The van der Waals surface area contributed by atoms with Gasteiger partial charge in [0.1, 0.15) is 5.82 Å². The third-order valence-electron chi connectivity index (χ3n) is 2.32. The van der Waals surface area contributed by atoms with Gasteiger partial charge in [-0.05, 0) is 51.4 Å². The van der Waals surface area contributed by atoms with Crippen molar-refractivity contribution < 1.29 is 18.3 Å². The van der Waals surface area contributed by atoms with Gasteiger partial charge < -0.3 is 13.9 Å². The molecule has 0 aliphatic carbocycles. The summed E-state index contributed by atoms with van der Waals surface area (Å²) in [5, 5.41) is 0. The molecule has 0 spiro atoms. The lowest BCUT2D eigenvalue weighted by Gasteiger charge is -2.23. The van der Waals surface area contributed by atoms with E-state index in [0.29, 0.717) is 0 Å². The molecule has 0 bridgehead atoms. The predicted molar refractivity (Wildman–Crippen MR) is 76.0 cm³/mol. The molecular formula is C14H23FO3Si. The molecule has 0 saturated carbocycles. The van der Waals surface area contributed by atoms with Crippen LogP contribution in [0.5, 0.6) is 0 Å². The van der Waals surface area contributed by atoms with Crippen molar-refractivity contribution in [2.45, 2.75) is 52.4 Å². The lowest BCUT2D eigenvalue weighted by molar-refractivity contribution is -0.275. The van der Waals surface area contributed by atoms with Crippen molar-refractivity contribution in [1.29, 1.82) is 0 Å². The van der Waals surface area contributed by atoms with Gasteiger partial charge in [-0.15, -0.1) is 0 Å². The fraction of sp³-hybridized carbons (Fsp3) is 0.571. The normalized spacial score (nSPS) is 12.4. The van der Waals surface area contributed by atoms with Crippen molar-refractivity contribution in [1.82, 2.24) is 0 Å². The smallest absolute Gasteiger partial charge is 0.262 e. The van der Waals surface area contributed by atoms with E-state index in [4.69, 9.17) is 13.9 Å². The first kappa shape index (κ1) is 16.3. The van der Waals surface area contributed by atoms with Crippen molar-refractivity contribution in [2.75, 3.05) is 0 Å². The van der Waals surface area contributed by atoms with Gasteiger partial charge in [0.15, 0.2) is 9.76 Å². The molecule has 19 heavy (non-hydrogen) atoms. The van der Waals surface area contributed by atoms with E-state index < -0.39 is 16.2 Å². The molecule has 0 unspecified atom stereocenters. The highest BCUT2D eigenvalue weighted by Crippen LogP contribution is 2.07. The summed E-state index contributed by atoms with van der Waals surface area (Å²) >= 11 is 0. The van der Waals surface area contributed by atoms with Crippen molar-refractivity contribution in [3.05, 3.63) is 35.6 Å². The number of ether oxygens (including phenoxy) is 2. The summed E-state index contributed by atoms with van der Waals surface area (Å²) in [6, 6.07) is 7.34. The van der Waals surface area contributed by atoms with E-state index in [2.05, 4.69) is 0 Å². The molecule has 0 aliphatic heterocycles. The number of benzene rings is 1. The molecule has 0 heterocycles. The van der Waals surface area contributed by atoms with Gasteiger partial charge in [0.2, 0.25) is 0 Å². The van der Waals surface area contributed by atoms with Crippen molar-refractivity contribution in [2.24, 2.45) is 0 Å². The van der Waals surface area contributed by atoms with E-state index in [9.17, 15) is 4.39 Å². The molecule has 0 N–H and O–H groups in total. The fourth-order valence-corrected chi connectivity index (χ4v) is 2.52. The summed E-state index contributed by atoms with van der Waals surface area (Å²) in [7, 11) is -0.805. The zero-order chi connectivity index (χ0) is 14.3. The largest absolute Gasteiger partial charge is 0.378 e. The van der Waals surface area contributed by atoms with Gasteiger partial charge in [-0.3, -0.25) is 0 Å². The minimum Gasteiger partial charge on any atom is -0.378 e. The van der Waals surface area contributed by atoms with Crippen LogP contribution in [0.25, 0.3) is 0 Å². The van der Waals surface area contributed by atoms with Crippen molar-refractivity contribution in [3.8, 4) is 0 Å². The highest BCUT2D eigenvalue weighted by atomic mass is 28.2. The molecule has 0 fully saturated rings. The van der Waals surface area contributed by atoms with Crippen molar-refractivity contribution in [3.63, 3.8) is 0 Å². The van der Waals surface area contributed by atoms with E-state index in [1.165, 1.54) is 12.1 Å². The number of hydrogen-bond donors (Lipinski definition) is 0. The Balaban J connectivity index is 2.36. The molecule has 1 aromatic carbocycles. The quantitative estimate of drug-likeness (QED) is 0.543. The van der Waals surface area contributed by atoms with Crippen LogP contribution in [0.2, 0.25) is 0 Å². The van der Waals surface area contributed by atoms with Gasteiger partial charge in [-0.25, -0.2) is 4.39 Å². The Hall–Kier alpha value is -0.753. The lowest BCUT2D eigenvalue weighted by atomic mass is 10.2. The molecular weight excluding hydrogens is 263 g/mol. The maximum atomic E-state index is 12.8. The summed E-state index contributed by atoms with van der Waals surface area (Å²) in [5.74, 6) is -0.213. The summed E-state index contributed by atoms with van der Waals surface area (Å²) in [5.41, 5.74) is 1.08. The van der Waals surface area contributed by atoms with Crippen LogP contribution in [0.15, 0.2) is 24.3 Å². The minimum absolute atomic E-state index is 0.0589. The van der Waals surface area contributed by atoms with Gasteiger partial charge in [-0.2, -0.15) is 0 Å². The van der Waals surface area contributed by atoms with E-state index in [1.807, 2.05) is 27.7 Å². The number of rotatable bonds is 8. The Labute approximate surface area is 117 Å². The molecule has 0 amide bonds. The number of hydrogen-bond acceptors (Lipinski definition) is 3. The molecule has 1 rings (SSSR count). The van der Waals surface area contributed by atoms with Crippen LogP contribution >= 0.6 is 0 Å². The van der Waals surface area contributed by atoms with Crippen LogP contribution in [0.4, 0.5) is 4.39 Å². The zero-order valence-corrected chi connectivity index (χ0v) is 13.5. The molecule has 0 atom stereocenters. The maximum Gasteiger partial charge on any atom is 0.262 e.